The van der Waals surface area contributed by atoms with E-state index in [9.17, 15) is 4.79 Å². The molecular weight excluding hydrogens is 435 g/mol. The Morgan fingerprint density at radius 2 is 1.97 bits per heavy atom. The number of hydrogen-bond acceptors (Lipinski definition) is 5. The number of nitrogens with zero attached hydrogens (tertiary/aromatic N) is 3. The predicted molar refractivity (Wildman–Crippen MR) is 127 cm³/mol. The number of aromatic nitrogens is 2. The van der Waals surface area contributed by atoms with Crippen molar-refractivity contribution in [1.29, 1.82) is 0 Å². The highest BCUT2D eigenvalue weighted by atomic mass is 35.5. The molecule has 1 amide bonds. The number of halogens is 2. The van der Waals surface area contributed by atoms with Crippen LogP contribution in [0.1, 0.15) is 35.8 Å². The third-order valence-electron chi connectivity index (χ3n) is 5.59. The first-order valence-electron chi connectivity index (χ1n) is 10.1. The molecule has 0 radical (unpaired) electrons. The molecule has 1 aromatic carbocycles. The van der Waals surface area contributed by atoms with Crippen LogP contribution in [0.2, 0.25) is 5.02 Å². The van der Waals surface area contributed by atoms with Crippen LogP contribution in [0.3, 0.4) is 0 Å². The molecule has 1 N–H and O–H groups in total. The van der Waals surface area contributed by atoms with E-state index in [-0.39, 0.29) is 18.3 Å². The van der Waals surface area contributed by atoms with Crippen LogP contribution in [-0.4, -0.2) is 41.0 Å². The van der Waals surface area contributed by atoms with Crippen molar-refractivity contribution < 1.29 is 9.53 Å². The van der Waals surface area contributed by atoms with Gasteiger partial charge in [-0.1, -0.05) is 18.5 Å². The fourth-order valence-electron chi connectivity index (χ4n) is 3.74. The van der Waals surface area contributed by atoms with Gasteiger partial charge in [0, 0.05) is 36.1 Å². The van der Waals surface area contributed by atoms with Crippen molar-refractivity contribution in [3.05, 3.63) is 52.8 Å². The number of amides is 1. The third kappa shape index (κ3) is 4.86. The Balaban J connectivity index is 0.00000272. The molecule has 0 unspecified atom stereocenters. The number of anilines is 2. The lowest BCUT2D eigenvalue weighted by atomic mass is 9.98. The van der Waals surface area contributed by atoms with Crippen molar-refractivity contribution in [3.8, 4) is 5.75 Å². The van der Waals surface area contributed by atoms with E-state index in [1.54, 1.807) is 25.4 Å². The van der Waals surface area contributed by atoms with E-state index < -0.39 is 0 Å². The maximum atomic E-state index is 13.4. The summed E-state index contributed by atoms with van der Waals surface area (Å²) in [6.07, 6.45) is 3.66. The highest BCUT2D eigenvalue weighted by Crippen LogP contribution is 2.33. The van der Waals surface area contributed by atoms with Gasteiger partial charge in [0.05, 0.1) is 23.4 Å². The Morgan fingerprint density at radius 1 is 1.23 bits per heavy atom. The fraction of sp³-hybridized carbons (Fsp3) is 0.348. The number of likely N-dealkylation sites (tertiary alicyclic amines) is 1. The average Bonchev–Trinajstić information content (AvgIpc) is 2.74. The number of piperidine rings is 1. The molecule has 0 aliphatic carbocycles. The number of pyridine rings is 2. The lowest BCUT2D eigenvalue weighted by molar-refractivity contribution is 0.0698. The zero-order chi connectivity index (χ0) is 21.3. The smallest absolute Gasteiger partial charge is 0.257 e. The summed E-state index contributed by atoms with van der Waals surface area (Å²) in [5.41, 5.74) is 3.46. The van der Waals surface area contributed by atoms with E-state index in [0.29, 0.717) is 33.6 Å². The van der Waals surface area contributed by atoms with Crippen molar-refractivity contribution in [1.82, 2.24) is 14.9 Å². The number of fused-ring (bicyclic) bond motifs is 1. The first-order chi connectivity index (χ1) is 14.5. The number of benzene rings is 1. The van der Waals surface area contributed by atoms with Crippen LogP contribution in [0.5, 0.6) is 5.75 Å². The van der Waals surface area contributed by atoms with E-state index in [1.807, 2.05) is 30.0 Å². The van der Waals surface area contributed by atoms with Gasteiger partial charge >= 0.3 is 0 Å². The molecule has 4 rings (SSSR count). The van der Waals surface area contributed by atoms with Gasteiger partial charge in [-0.2, -0.15) is 0 Å². The number of nitrogens with one attached hydrogen (secondary N) is 1. The number of ether oxygens (including phenoxy) is 1. The summed E-state index contributed by atoms with van der Waals surface area (Å²) < 4.78 is 5.24. The molecule has 3 aromatic rings. The number of carbonyl (C=O) groups excluding carboxylic acids is 1. The second-order valence-corrected chi connectivity index (χ2v) is 8.23. The van der Waals surface area contributed by atoms with Crippen LogP contribution in [-0.2, 0) is 0 Å². The number of methoxy groups -OCH3 is 1. The normalized spacial score (nSPS) is 14.3. The standard InChI is InChI=1S/C23H25ClN4O2.ClH/c1-14-8-10-28(11-9-14)23(29)18-13-25-22-17(6-4-15(2)26-22)21(18)27-16-5-7-20(30-3)19(24)12-16;/h4-7,12-14H,8-11H2,1-3H3,(H,25,26,27);1H. The molecule has 1 aliphatic rings. The number of aryl methyl sites for hydroxylation is 1. The maximum absolute atomic E-state index is 13.4. The van der Waals surface area contributed by atoms with Gasteiger partial charge in [-0.25, -0.2) is 9.97 Å². The molecule has 0 atom stereocenters. The van der Waals surface area contributed by atoms with E-state index in [4.69, 9.17) is 16.3 Å². The quantitative estimate of drug-likeness (QED) is 0.545. The molecule has 2 aromatic heterocycles. The van der Waals surface area contributed by atoms with E-state index >= 15 is 0 Å². The van der Waals surface area contributed by atoms with Gasteiger partial charge in [-0.05, 0) is 56.0 Å². The zero-order valence-corrected chi connectivity index (χ0v) is 19.4. The zero-order valence-electron chi connectivity index (χ0n) is 17.8. The molecule has 1 fully saturated rings. The van der Waals surface area contributed by atoms with Crippen molar-refractivity contribution >= 4 is 52.3 Å². The number of carbonyl (C=O) groups is 1. The summed E-state index contributed by atoms with van der Waals surface area (Å²) in [6.45, 7) is 5.68. The van der Waals surface area contributed by atoms with Crippen LogP contribution in [0.25, 0.3) is 11.0 Å². The molecule has 0 spiro atoms. The minimum Gasteiger partial charge on any atom is -0.495 e. The van der Waals surface area contributed by atoms with Gasteiger partial charge in [0.1, 0.15) is 5.75 Å². The molecule has 1 saturated heterocycles. The monoisotopic (exact) mass is 460 g/mol. The highest BCUT2D eigenvalue weighted by molar-refractivity contribution is 6.32. The predicted octanol–water partition coefficient (Wildman–Crippen LogP) is 5.64. The minimum absolute atomic E-state index is 0. The van der Waals surface area contributed by atoms with E-state index in [0.717, 1.165) is 42.7 Å². The first kappa shape index (κ1) is 23.1. The molecule has 0 bridgehead atoms. The Bertz CT molecular complexity index is 1100. The molecule has 8 heteroatoms. The Labute approximate surface area is 193 Å². The lowest BCUT2D eigenvalue weighted by Crippen LogP contribution is -2.38. The molecule has 3 heterocycles. The van der Waals surface area contributed by atoms with Crippen molar-refractivity contribution in [3.63, 3.8) is 0 Å². The summed E-state index contributed by atoms with van der Waals surface area (Å²) in [4.78, 5) is 24.3. The molecule has 1 aliphatic heterocycles. The van der Waals surface area contributed by atoms with Crippen LogP contribution in [0.15, 0.2) is 36.5 Å². The van der Waals surface area contributed by atoms with Gasteiger partial charge in [0.25, 0.3) is 5.91 Å². The van der Waals surface area contributed by atoms with Gasteiger partial charge in [-0.15, -0.1) is 12.4 Å². The number of hydrogen-bond donors (Lipinski definition) is 1. The van der Waals surface area contributed by atoms with Gasteiger partial charge < -0.3 is 15.0 Å². The summed E-state index contributed by atoms with van der Waals surface area (Å²) in [7, 11) is 1.58. The van der Waals surface area contributed by atoms with Crippen LogP contribution >= 0.6 is 24.0 Å². The molecule has 0 saturated carbocycles. The SMILES string of the molecule is COc1ccc(Nc2c(C(=O)N3CCC(C)CC3)cnc3nc(C)ccc23)cc1Cl.Cl. The molecule has 6 nitrogen and oxygen atoms in total. The second kappa shape index (κ2) is 9.71. The second-order valence-electron chi connectivity index (χ2n) is 7.82. The topological polar surface area (TPSA) is 67.3 Å². The molecule has 31 heavy (non-hydrogen) atoms. The fourth-order valence-corrected chi connectivity index (χ4v) is 4.00. The Morgan fingerprint density at radius 3 is 2.65 bits per heavy atom. The van der Waals surface area contributed by atoms with Crippen molar-refractivity contribution in [2.24, 2.45) is 5.92 Å². The summed E-state index contributed by atoms with van der Waals surface area (Å²) in [5.74, 6) is 1.23. The summed E-state index contributed by atoms with van der Waals surface area (Å²) in [5, 5.41) is 4.68. The summed E-state index contributed by atoms with van der Waals surface area (Å²) >= 11 is 6.31. The lowest BCUT2D eigenvalue weighted by Gasteiger charge is -2.31. The Kier molecular flexibility index (Phi) is 7.23. The maximum Gasteiger partial charge on any atom is 0.257 e. The first-order valence-corrected chi connectivity index (χ1v) is 10.5. The molecule has 164 valence electrons. The highest BCUT2D eigenvalue weighted by Gasteiger charge is 2.25. The van der Waals surface area contributed by atoms with Gasteiger partial charge in [-0.3, -0.25) is 4.79 Å². The minimum atomic E-state index is -0.0148. The average molecular weight is 461 g/mol. The molecular formula is C23H26Cl2N4O2. The third-order valence-corrected chi connectivity index (χ3v) is 5.89. The van der Waals surface area contributed by atoms with E-state index in [2.05, 4.69) is 22.2 Å². The summed E-state index contributed by atoms with van der Waals surface area (Å²) in [6, 6.07) is 9.32. The van der Waals surface area contributed by atoms with Crippen molar-refractivity contribution in [2.75, 3.05) is 25.5 Å². The van der Waals surface area contributed by atoms with E-state index in [1.165, 1.54) is 0 Å². The van der Waals surface area contributed by atoms with Gasteiger partial charge in [0.2, 0.25) is 0 Å². The Hall–Kier alpha value is -2.57. The largest absolute Gasteiger partial charge is 0.495 e. The van der Waals surface area contributed by atoms with Gasteiger partial charge in [0.15, 0.2) is 5.65 Å². The van der Waals surface area contributed by atoms with Crippen LogP contribution in [0, 0.1) is 12.8 Å². The number of rotatable bonds is 4. The van der Waals surface area contributed by atoms with Crippen molar-refractivity contribution in [2.45, 2.75) is 26.7 Å². The van der Waals surface area contributed by atoms with Crippen LogP contribution < -0.4 is 10.1 Å². The van der Waals surface area contributed by atoms with Crippen LogP contribution in [0.4, 0.5) is 11.4 Å².